The molecule has 132 valence electrons. The largest absolute Gasteiger partial charge is 0.375 e. The van der Waals surface area contributed by atoms with Gasteiger partial charge in [0.05, 0.1) is 0 Å². The molecule has 1 aliphatic heterocycles. The van der Waals surface area contributed by atoms with Gasteiger partial charge in [-0.25, -0.2) is 9.78 Å². The average Bonchev–Trinajstić information content (AvgIpc) is 3.09. The molecule has 1 N–H and O–H groups in total. The zero-order valence-corrected chi connectivity index (χ0v) is 15.4. The Kier molecular flexibility index (Phi) is 5.76. The molecule has 5 nitrogen and oxygen atoms in total. The van der Waals surface area contributed by atoms with Crippen molar-refractivity contribution in [2.45, 2.75) is 64.0 Å². The number of thiazole rings is 1. The Balaban J connectivity index is 1.69. The third-order valence-corrected chi connectivity index (χ3v) is 5.94. The summed E-state index contributed by atoms with van der Waals surface area (Å²) in [6.07, 6.45) is 9.80. The van der Waals surface area contributed by atoms with Crippen LogP contribution < -0.4 is 5.32 Å². The number of anilines is 1. The molecule has 0 aromatic carbocycles. The van der Waals surface area contributed by atoms with E-state index in [2.05, 4.69) is 33.6 Å². The first-order valence-electron chi connectivity index (χ1n) is 9.04. The normalized spacial score (nSPS) is 20.0. The third-order valence-electron chi connectivity index (χ3n) is 5.25. The second-order valence-corrected chi connectivity index (χ2v) is 7.81. The number of urea groups is 1. The minimum absolute atomic E-state index is 0.0330. The fourth-order valence-electron chi connectivity index (χ4n) is 3.96. The highest BCUT2D eigenvalue weighted by Gasteiger charge is 2.34. The smallest absolute Gasteiger partial charge is 0.324 e. The number of carbonyl (C=O) groups is 1. The zero-order chi connectivity index (χ0) is 16.9. The molecule has 0 atom stereocenters. The first kappa shape index (κ1) is 17.3. The van der Waals surface area contributed by atoms with Crippen molar-refractivity contribution in [3.8, 4) is 0 Å². The number of carbonyl (C=O) groups excluding carboxylic acids is 1. The van der Waals surface area contributed by atoms with Crippen molar-refractivity contribution >= 4 is 22.5 Å². The van der Waals surface area contributed by atoms with E-state index in [1.165, 1.54) is 30.6 Å². The minimum atomic E-state index is 0.0330. The van der Waals surface area contributed by atoms with E-state index in [4.69, 9.17) is 0 Å². The highest BCUT2D eigenvalue weighted by atomic mass is 32.1. The Morgan fingerprint density at radius 2 is 1.92 bits per heavy atom. The van der Waals surface area contributed by atoms with Crippen LogP contribution in [0.25, 0.3) is 0 Å². The van der Waals surface area contributed by atoms with Crippen LogP contribution in [0.3, 0.4) is 0 Å². The number of hydrogen-bond donors (Lipinski definition) is 1. The SMILES string of the molecule is C=C(C)N1CCC(N(C(=O)Nc2nccs2)C2CCCCC2)CC1. The summed E-state index contributed by atoms with van der Waals surface area (Å²) in [6, 6.07) is 0.731. The third kappa shape index (κ3) is 4.09. The Morgan fingerprint density at radius 3 is 2.50 bits per heavy atom. The molecule has 2 heterocycles. The van der Waals surface area contributed by atoms with Crippen LogP contribution in [0.1, 0.15) is 51.9 Å². The van der Waals surface area contributed by atoms with Crippen molar-refractivity contribution in [3.05, 3.63) is 23.9 Å². The van der Waals surface area contributed by atoms with Gasteiger partial charge >= 0.3 is 6.03 Å². The van der Waals surface area contributed by atoms with Gasteiger partial charge in [-0.05, 0) is 32.6 Å². The maximum atomic E-state index is 13.0. The molecule has 1 aromatic heterocycles. The number of nitrogens with one attached hydrogen (secondary N) is 1. The number of hydrogen-bond acceptors (Lipinski definition) is 4. The molecule has 2 fully saturated rings. The summed E-state index contributed by atoms with van der Waals surface area (Å²) in [4.78, 5) is 21.7. The van der Waals surface area contributed by atoms with E-state index >= 15 is 0 Å². The second-order valence-electron chi connectivity index (χ2n) is 6.92. The molecule has 0 spiro atoms. The molecule has 2 aliphatic rings. The molecule has 3 rings (SSSR count). The predicted octanol–water partition coefficient (Wildman–Crippen LogP) is 4.31. The Labute approximate surface area is 148 Å². The lowest BCUT2D eigenvalue weighted by Crippen LogP contribution is -2.53. The lowest BCUT2D eigenvalue weighted by Gasteiger charge is -2.44. The van der Waals surface area contributed by atoms with Crippen LogP contribution in [0, 0.1) is 0 Å². The van der Waals surface area contributed by atoms with Crippen molar-refractivity contribution < 1.29 is 4.79 Å². The van der Waals surface area contributed by atoms with Gasteiger partial charge in [-0.3, -0.25) is 5.32 Å². The zero-order valence-electron chi connectivity index (χ0n) is 14.5. The quantitative estimate of drug-likeness (QED) is 0.882. The van der Waals surface area contributed by atoms with Crippen molar-refractivity contribution in [2.75, 3.05) is 18.4 Å². The van der Waals surface area contributed by atoms with Gasteiger partial charge in [-0.15, -0.1) is 11.3 Å². The summed E-state index contributed by atoms with van der Waals surface area (Å²) in [5, 5.41) is 5.60. The van der Waals surface area contributed by atoms with E-state index in [1.807, 2.05) is 5.38 Å². The van der Waals surface area contributed by atoms with Crippen LogP contribution in [0.15, 0.2) is 23.9 Å². The van der Waals surface area contributed by atoms with Crippen LogP contribution in [0.5, 0.6) is 0 Å². The standard InChI is InChI=1S/C18H28N4OS/c1-14(2)21-11-8-16(9-12-21)22(15-6-4-3-5-7-15)18(23)20-17-19-10-13-24-17/h10,13,15-16H,1,3-9,11-12H2,2H3,(H,19,20,23). The second kappa shape index (κ2) is 8.01. The molecule has 1 aliphatic carbocycles. The minimum Gasteiger partial charge on any atom is -0.375 e. The number of likely N-dealkylation sites (tertiary alicyclic amines) is 1. The molecule has 0 radical (unpaired) electrons. The van der Waals surface area contributed by atoms with Gasteiger partial charge in [0.1, 0.15) is 0 Å². The van der Waals surface area contributed by atoms with Crippen molar-refractivity contribution in [3.63, 3.8) is 0 Å². The van der Waals surface area contributed by atoms with Gasteiger partial charge in [-0.1, -0.05) is 25.8 Å². The highest BCUT2D eigenvalue weighted by Crippen LogP contribution is 2.29. The van der Waals surface area contributed by atoms with Gasteiger partial charge in [-0.2, -0.15) is 0 Å². The lowest BCUT2D eigenvalue weighted by molar-refractivity contribution is 0.0970. The van der Waals surface area contributed by atoms with E-state index in [1.54, 1.807) is 6.20 Å². The van der Waals surface area contributed by atoms with Crippen LogP contribution in [-0.4, -0.2) is 46.0 Å². The van der Waals surface area contributed by atoms with E-state index < -0.39 is 0 Å². The predicted molar refractivity (Wildman–Crippen MR) is 99.3 cm³/mol. The molecule has 0 bridgehead atoms. The molecule has 1 saturated heterocycles. The average molecular weight is 349 g/mol. The maximum absolute atomic E-state index is 13.0. The highest BCUT2D eigenvalue weighted by molar-refractivity contribution is 7.13. The Morgan fingerprint density at radius 1 is 1.25 bits per heavy atom. The first-order valence-corrected chi connectivity index (χ1v) is 9.92. The van der Waals surface area contributed by atoms with Gasteiger partial charge in [0.15, 0.2) is 5.13 Å². The summed E-state index contributed by atoms with van der Waals surface area (Å²) < 4.78 is 0. The van der Waals surface area contributed by atoms with Crippen LogP contribution in [-0.2, 0) is 0 Å². The van der Waals surface area contributed by atoms with Crippen molar-refractivity contribution in [1.82, 2.24) is 14.8 Å². The van der Waals surface area contributed by atoms with Gasteiger partial charge in [0, 0.05) is 42.4 Å². The number of amides is 2. The van der Waals surface area contributed by atoms with E-state index in [-0.39, 0.29) is 6.03 Å². The summed E-state index contributed by atoms with van der Waals surface area (Å²) in [7, 11) is 0. The van der Waals surface area contributed by atoms with Gasteiger partial charge < -0.3 is 9.80 Å². The number of rotatable bonds is 4. The van der Waals surface area contributed by atoms with Crippen LogP contribution >= 0.6 is 11.3 Å². The topological polar surface area (TPSA) is 48.5 Å². The summed E-state index contributed by atoms with van der Waals surface area (Å²) in [5.74, 6) is 0. The van der Waals surface area contributed by atoms with Crippen molar-refractivity contribution in [2.24, 2.45) is 0 Å². The molecule has 24 heavy (non-hydrogen) atoms. The fraction of sp³-hybridized carbons (Fsp3) is 0.667. The molecule has 6 heteroatoms. The van der Waals surface area contributed by atoms with Crippen molar-refractivity contribution in [1.29, 1.82) is 0 Å². The summed E-state index contributed by atoms with van der Waals surface area (Å²) in [6.45, 7) is 8.10. The number of allylic oxidation sites excluding steroid dienone is 1. The first-order chi connectivity index (χ1) is 11.6. The molecule has 1 saturated carbocycles. The monoisotopic (exact) mass is 348 g/mol. The van der Waals surface area contributed by atoms with Gasteiger partial charge in [0.25, 0.3) is 0 Å². The van der Waals surface area contributed by atoms with Gasteiger partial charge in [0.2, 0.25) is 0 Å². The summed E-state index contributed by atoms with van der Waals surface area (Å²) >= 11 is 1.48. The Bertz CT molecular complexity index is 545. The van der Waals surface area contributed by atoms with E-state index in [9.17, 15) is 4.79 Å². The fourth-order valence-corrected chi connectivity index (χ4v) is 4.47. The number of piperidine rings is 1. The molecular weight excluding hydrogens is 320 g/mol. The summed E-state index contributed by atoms with van der Waals surface area (Å²) in [5.41, 5.74) is 1.13. The van der Waals surface area contributed by atoms with Crippen LogP contribution in [0.2, 0.25) is 0 Å². The molecule has 2 amide bonds. The molecule has 0 unspecified atom stereocenters. The Hall–Kier alpha value is -1.56. The van der Waals surface area contributed by atoms with E-state index in [0.717, 1.165) is 44.5 Å². The molecule has 1 aromatic rings. The number of nitrogens with zero attached hydrogens (tertiary/aromatic N) is 3. The number of aromatic nitrogens is 1. The molecular formula is C18H28N4OS. The maximum Gasteiger partial charge on any atom is 0.324 e. The lowest BCUT2D eigenvalue weighted by atomic mass is 9.91. The van der Waals surface area contributed by atoms with Crippen LogP contribution in [0.4, 0.5) is 9.93 Å². The van der Waals surface area contributed by atoms with E-state index in [0.29, 0.717) is 17.2 Å².